The quantitative estimate of drug-likeness (QED) is 0.352. The molecule has 10 heteroatoms. The number of carbonyl (C=O) groups is 2. The van der Waals surface area contributed by atoms with Crippen LogP contribution in [-0.2, 0) is 22.6 Å². The van der Waals surface area contributed by atoms with Crippen LogP contribution in [0.1, 0.15) is 12.5 Å². The van der Waals surface area contributed by atoms with Crippen LogP contribution in [0.4, 0.5) is 11.4 Å². The number of hydrogen-bond acceptors (Lipinski definition) is 7. The summed E-state index contributed by atoms with van der Waals surface area (Å²) in [6, 6.07) is 21.7. The normalized spacial score (nSPS) is 10.5. The average Bonchev–Trinajstić information content (AvgIpc) is 3.36. The lowest BCUT2D eigenvalue weighted by Crippen LogP contribution is -2.21. The van der Waals surface area contributed by atoms with Gasteiger partial charge in [-0.25, -0.2) is 0 Å². The lowest BCUT2D eigenvalue weighted by molar-refractivity contribution is -0.118. The molecule has 0 fully saturated rings. The number of tetrazole rings is 1. The number of para-hydroxylation sites is 1. The molecule has 0 saturated carbocycles. The molecule has 1 heterocycles. The molecule has 0 spiro atoms. The minimum atomic E-state index is -0.326. The van der Waals surface area contributed by atoms with Gasteiger partial charge in [0.1, 0.15) is 18.0 Å². The summed E-state index contributed by atoms with van der Waals surface area (Å²) in [5.41, 5.74) is 2.90. The van der Waals surface area contributed by atoms with Crippen LogP contribution in [-0.4, -0.2) is 45.7 Å². The molecule has 10 nitrogen and oxygen atoms in total. The standard InChI is InChI=1S/C26H26N6O4/c1-3-18-8-12-21(13-9-18)36-17-25(34)28-23-7-5-4-6-22(23)26-29-31-32(30-26)16-24(33)27-19-10-14-20(35-2)15-11-19/h4-15H,3,16-17H2,1-2H3,(H,27,33)(H,28,34). The van der Waals surface area contributed by atoms with Crippen molar-refractivity contribution in [3.05, 3.63) is 78.4 Å². The highest BCUT2D eigenvalue weighted by Gasteiger charge is 2.15. The van der Waals surface area contributed by atoms with Gasteiger partial charge in [-0.05, 0) is 65.7 Å². The Morgan fingerprint density at radius 3 is 2.33 bits per heavy atom. The fourth-order valence-corrected chi connectivity index (χ4v) is 3.37. The molecular formula is C26H26N6O4. The van der Waals surface area contributed by atoms with Crippen LogP contribution in [0.25, 0.3) is 11.4 Å². The average molecular weight is 487 g/mol. The van der Waals surface area contributed by atoms with Crippen molar-refractivity contribution >= 4 is 23.2 Å². The summed E-state index contributed by atoms with van der Waals surface area (Å²) >= 11 is 0. The highest BCUT2D eigenvalue weighted by molar-refractivity contribution is 5.95. The number of aryl methyl sites for hydroxylation is 1. The molecule has 4 rings (SSSR count). The Morgan fingerprint density at radius 1 is 0.889 bits per heavy atom. The van der Waals surface area contributed by atoms with E-state index in [9.17, 15) is 9.59 Å². The zero-order chi connectivity index (χ0) is 25.3. The summed E-state index contributed by atoms with van der Waals surface area (Å²) < 4.78 is 10.7. The van der Waals surface area contributed by atoms with Crippen LogP contribution >= 0.6 is 0 Å². The number of aromatic nitrogens is 4. The fraction of sp³-hybridized carbons (Fsp3) is 0.192. The van der Waals surface area contributed by atoms with Gasteiger partial charge in [-0.15, -0.1) is 10.2 Å². The van der Waals surface area contributed by atoms with Crippen LogP contribution in [0.15, 0.2) is 72.8 Å². The molecule has 0 bridgehead atoms. The maximum Gasteiger partial charge on any atom is 0.262 e. The lowest BCUT2D eigenvalue weighted by atomic mass is 10.1. The van der Waals surface area contributed by atoms with Crippen LogP contribution in [0.2, 0.25) is 0 Å². The van der Waals surface area contributed by atoms with Gasteiger partial charge in [0.25, 0.3) is 5.91 Å². The predicted molar refractivity (Wildman–Crippen MR) is 135 cm³/mol. The first-order chi connectivity index (χ1) is 17.5. The van der Waals surface area contributed by atoms with Crippen molar-refractivity contribution in [3.8, 4) is 22.9 Å². The molecule has 0 radical (unpaired) electrons. The molecule has 0 aliphatic heterocycles. The predicted octanol–water partition coefficient (Wildman–Crippen LogP) is 3.57. The number of nitrogens with one attached hydrogen (secondary N) is 2. The van der Waals surface area contributed by atoms with E-state index in [1.807, 2.05) is 24.3 Å². The molecule has 0 saturated heterocycles. The second-order valence-corrected chi connectivity index (χ2v) is 7.80. The third-order valence-corrected chi connectivity index (χ3v) is 5.26. The summed E-state index contributed by atoms with van der Waals surface area (Å²) in [6.45, 7) is 1.80. The molecule has 184 valence electrons. The van der Waals surface area contributed by atoms with Gasteiger partial charge in [0.2, 0.25) is 11.7 Å². The van der Waals surface area contributed by atoms with Gasteiger partial charge in [0.15, 0.2) is 6.61 Å². The molecule has 1 aromatic heterocycles. The fourth-order valence-electron chi connectivity index (χ4n) is 3.37. The van der Waals surface area contributed by atoms with E-state index in [1.54, 1.807) is 55.6 Å². The number of anilines is 2. The summed E-state index contributed by atoms with van der Waals surface area (Å²) in [5, 5.41) is 17.9. The molecule has 0 aliphatic carbocycles. The molecule has 3 aromatic carbocycles. The molecule has 36 heavy (non-hydrogen) atoms. The highest BCUT2D eigenvalue weighted by Crippen LogP contribution is 2.24. The number of nitrogens with zero attached hydrogens (tertiary/aromatic N) is 4. The van der Waals surface area contributed by atoms with Gasteiger partial charge in [0.05, 0.1) is 12.8 Å². The van der Waals surface area contributed by atoms with Gasteiger partial charge in [-0.1, -0.05) is 31.2 Å². The minimum Gasteiger partial charge on any atom is -0.497 e. The Bertz CT molecular complexity index is 1320. The Hall–Kier alpha value is -4.73. The molecule has 4 aromatic rings. The zero-order valence-corrected chi connectivity index (χ0v) is 20.0. The molecule has 2 N–H and O–H groups in total. The highest BCUT2D eigenvalue weighted by atomic mass is 16.5. The van der Waals surface area contributed by atoms with E-state index in [2.05, 4.69) is 33.0 Å². The second-order valence-electron chi connectivity index (χ2n) is 7.80. The van der Waals surface area contributed by atoms with Crippen LogP contribution in [0.3, 0.4) is 0 Å². The van der Waals surface area contributed by atoms with Gasteiger partial charge in [-0.3, -0.25) is 9.59 Å². The monoisotopic (exact) mass is 486 g/mol. The second kappa shape index (κ2) is 11.6. The zero-order valence-electron chi connectivity index (χ0n) is 20.0. The van der Waals surface area contributed by atoms with E-state index in [0.29, 0.717) is 28.4 Å². The number of rotatable bonds is 10. The number of amides is 2. The number of benzene rings is 3. The molecule has 0 atom stereocenters. The molecule has 2 amide bonds. The largest absolute Gasteiger partial charge is 0.497 e. The van der Waals surface area contributed by atoms with Crippen molar-refractivity contribution in [1.82, 2.24) is 20.2 Å². The smallest absolute Gasteiger partial charge is 0.262 e. The Labute approximate surface area is 208 Å². The van der Waals surface area contributed by atoms with Crippen molar-refractivity contribution in [2.24, 2.45) is 0 Å². The Kier molecular flexibility index (Phi) is 7.87. The lowest BCUT2D eigenvalue weighted by Gasteiger charge is -2.10. The van der Waals surface area contributed by atoms with Crippen LogP contribution in [0, 0.1) is 0 Å². The first-order valence-corrected chi connectivity index (χ1v) is 11.4. The summed E-state index contributed by atoms with van der Waals surface area (Å²) in [4.78, 5) is 26.1. The van der Waals surface area contributed by atoms with Gasteiger partial charge in [0, 0.05) is 11.3 Å². The van der Waals surface area contributed by atoms with E-state index in [4.69, 9.17) is 9.47 Å². The molecule has 0 unspecified atom stereocenters. The van der Waals surface area contributed by atoms with Crippen molar-refractivity contribution in [2.75, 3.05) is 24.4 Å². The third-order valence-electron chi connectivity index (χ3n) is 5.26. The Balaban J connectivity index is 1.36. The number of carbonyl (C=O) groups excluding carboxylic acids is 2. The molecule has 0 aliphatic rings. The third kappa shape index (κ3) is 6.44. The number of methoxy groups -OCH3 is 1. The summed E-state index contributed by atoms with van der Waals surface area (Å²) in [6.07, 6.45) is 0.934. The summed E-state index contributed by atoms with van der Waals surface area (Å²) in [7, 11) is 1.57. The van der Waals surface area contributed by atoms with Crippen molar-refractivity contribution < 1.29 is 19.1 Å². The van der Waals surface area contributed by atoms with E-state index >= 15 is 0 Å². The van der Waals surface area contributed by atoms with Crippen LogP contribution < -0.4 is 20.1 Å². The maximum absolute atomic E-state index is 12.5. The summed E-state index contributed by atoms with van der Waals surface area (Å²) in [5.74, 6) is 0.953. The molecular weight excluding hydrogens is 460 g/mol. The van der Waals surface area contributed by atoms with E-state index in [-0.39, 0.29) is 30.8 Å². The van der Waals surface area contributed by atoms with E-state index in [1.165, 1.54) is 10.4 Å². The van der Waals surface area contributed by atoms with Crippen molar-refractivity contribution in [3.63, 3.8) is 0 Å². The topological polar surface area (TPSA) is 120 Å². The minimum absolute atomic E-state index is 0.127. The van der Waals surface area contributed by atoms with Crippen LogP contribution in [0.5, 0.6) is 11.5 Å². The van der Waals surface area contributed by atoms with Crippen molar-refractivity contribution in [1.29, 1.82) is 0 Å². The number of ether oxygens (including phenoxy) is 2. The Morgan fingerprint density at radius 2 is 1.61 bits per heavy atom. The van der Waals surface area contributed by atoms with Gasteiger partial charge in [-0.2, -0.15) is 4.80 Å². The van der Waals surface area contributed by atoms with E-state index < -0.39 is 0 Å². The van der Waals surface area contributed by atoms with Gasteiger partial charge < -0.3 is 20.1 Å². The first-order valence-electron chi connectivity index (χ1n) is 11.4. The van der Waals surface area contributed by atoms with Gasteiger partial charge >= 0.3 is 0 Å². The SMILES string of the molecule is CCc1ccc(OCC(=O)Nc2ccccc2-c2nnn(CC(=O)Nc3ccc(OC)cc3)n2)cc1. The van der Waals surface area contributed by atoms with Crippen molar-refractivity contribution in [2.45, 2.75) is 19.9 Å². The maximum atomic E-state index is 12.5. The number of hydrogen-bond donors (Lipinski definition) is 2. The first kappa shape index (κ1) is 24.4. The van der Waals surface area contributed by atoms with E-state index in [0.717, 1.165) is 6.42 Å².